The minimum atomic E-state index is 0.0665. The lowest BCUT2D eigenvalue weighted by atomic mass is 10.1. The van der Waals surface area contributed by atoms with Crippen LogP contribution in [0.1, 0.15) is 13.8 Å². The fourth-order valence-electron chi connectivity index (χ4n) is 1.18. The molecular weight excluding hydrogens is 182 g/mol. The normalized spacial score (nSPS) is 14.7. The van der Waals surface area contributed by atoms with Crippen LogP contribution in [0.4, 0.5) is 0 Å². The number of hydrogen-bond donors (Lipinski definition) is 2. The third kappa shape index (κ3) is 5.04. The van der Waals surface area contributed by atoms with E-state index in [0.29, 0.717) is 6.61 Å². The van der Waals surface area contributed by atoms with E-state index in [2.05, 4.69) is 17.0 Å². The fraction of sp³-hybridized carbons (Fsp3) is 0.889. The summed E-state index contributed by atoms with van der Waals surface area (Å²) >= 11 is 0. The van der Waals surface area contributed by atoms with Crippen LogP contribution in [0.25, 0.3) is 0 Å². The number of oxime groups is 1. The molecule has 0 heterocycles. The van der Waals surface area contributed by atoms with Crippen LogP contribution in [0.2, 0.25) is 0 Å². The summed E-state index contributed by atoms with van der Waals surface area (Å²) in [5.41, 5.74) is 5.49. The molecule has 3 N–H and O–H groups in total. The van der Waals surface area contributed by atoms with Gasteiger partial charge in [-0.25, -0.2) is 0 Å². The van der Waals surface area contributed by atoms with Crippen LogP contribution < -0.4 is 5.73 Å². The lowest BCUT2D eigenvalue weighted by Crippen LogP contribution is -2.36. The Morgan fingerprint density at radius 2 is 2.29 bits per heavy atom. The minimum absolute atomic E-state index is 0.0665. The van der Waals surface area contributed by atoms with Gasteiger partial charge in [-0.2, -0.15) is 0 Å². The molecule has 0 bridgehead atoms. The smallest absolute Gasteiger partial charge is 0.143 e. The van der Waals surface area contributed by atoms with Crippen molar-refractivity contribution in [1.29, 1.82) is 0 Å². The van der Waals surface area contributed by atoms with Gasteiger partial charge in [-0.05, 0) is 6.54 Å². The van der Waals surface area contributed by atoms with Gasteiger partial charge >= 0.3 is 0 Å². The quantitative estimate of drug-likeness (QED) is 0.271. The molecule has 0 aromatic rings. The summed E-state index contributed by atoms with van der Waals surface area (Å²) in [6.07, 6.45) is 0. The maximum Gasteiger partial charge on any atom is 0.143 e. The maximum absolute atomic E-state index is 8.49. The van der Waals surface area contributed by atoms with E-state index in [1.807, 2.05) is 6.92 Å². The predicted molar refractivity (Wildman–Crippen MR) is 56.6 cm³/mol. The first-order valence-electron chi connectivity index (χ1n) is 4.84. The Morgan fingerprint density at radius 1 is 1.64 bits per heavy atom. The summed E-state index contributed by atoms with van der Waals surface area (Å²) in [5, 5.41) is 11.5. The van der Waals surface area contributed by atoms with Crippen LogP contribution in [-0.4, -0.2) is 49.3 Å². The molecule has 0 aromatic heterocycles. The molecule has 0 aromatic carbocycles. The Kier molecular flexibility index (Phi) is 7.14. The number of nitrogens with zero attached hydrogens (tertiary/aromatic N) is 2. The molecule has 0 saturated heterocycles. The SMILES string of the molecule is CCN(CCOC)CC(C)C(N)=NO. The minimum Gasteiger partial charge on any atom is -0.409 e. The molecule has 0 rings (SSSR count). The van der Waals surface area contributed by atoms with Crippen molar-refractivity contribution < 1.29 is 9.94 Å². The average molecular weight is 203 g/mol. The second-order valence-electron chi connectivity index (χ2n) is 3.31. The van der Waals surface area contributed by atoms with Gasteiger partial charge in [0.1, 0.15) is 5.84 Å². The van der Waals surface area contributed by atoms with Gasteiger partial charge in [-0.15, -0.1) is 0 Å². The Labute approximate surface area is 85.5 Å². The topological polar surface area (TPSA) is 71.1 Å². The van der Waals surface area contributed by atoms with E-state index in [0.717, 1.165) is 19.6 Å². The lowest BCUT2D eigenvalue weighted by Gasteiger charge is -2.23. The van der Waals surface area contributed by atoms with Gasteiger partial charge in [0.2, 0.25) is 0 Å². The van der Waals surface area contributed by atoms with Gasteiger partial charge in [0.05, 0.1) is 6.61 Å². The van der Waals surface area contributed by atoms with Gasteiger partial charge in [0.25, 0.3) is 0 Å². The zero-order valence-corrected chi connectivity index (χ0v) is 9.23. The first-order valence-corrected chi connectivity index (χ1v) is 4.84. The van der Waals surface area contributed by atoms with Crippen molar-refractivity contribution in [3.8, 4) is 0 Å². The number of ether oxygens (including phenoxy) is 1. The molecule has 0 amide bonds. The summed E-state index contributed by atoms with van der Waals surface area (Å²) in [4.78, 5) is 2.20. The standard InChI is InChI=1S/C9H21N3O2/c1-4-12(5-6-14-3)7-8(2)9(10)11-13/h8,13H,4-7H2,1-3H3,(H2,10,11). The Balaban J connectivity index is 3.91. The van der Waals surface area contributed by atoms with Gasteiger partial charge in [0, 0.05) is 26.1 Å². The third-order valence-electron chi connectivity index (χ3n) is 2.21. The zero-order valence-electron chi connectivity index (χ0n) is 9.23. The maximum atomic E-state index is 8.49. The molecular formula is C9H21N3O2. The molecule has 14 heavy (non-hydrogen) atoms. The number of methoxy groups -OCH3 is 1. The molecule has 0 aliphatic rings. The molecule has 0 fully saturated rings. The van der Waals surface area contributed by atoms with Gasteiger partial charge in [-0.1, -0.05) is 19.0 Å². The van der Waals surface area contributed by atoms with E-state index >= 15 is 0 Å². The summed E-state index contributed by atoms with van der Waals surface area (Å²) in [6, 6.07) is 0. The fourth-order valence-corrected chi connectivity index (χ4v) is 1.18. The largest absolute Gasteiger partial charge is 0.409 e. The molecule has 0 saturated carbocycles. The Morgan fingerprint density at radius 3 is 2.71 bits per heavy atom. The van der Waals surface area contributed by atoms with Crippen molar-refractivity contribution >= 4 is 5.84 Å². The molecule has 1 unspecified atom stereocenters. The van der Waals surface area contributed by atoms with Gasteiger partial charge < -0.3 is 20.6 Å². The average Bonchev–Trinajstić information content (AvgIpc) is 2.22. The number of hydrogen-bond acceptors (Lipinski definition) is 4. The van der Waals surface area contributed by atoms with Crippen molar-refractivity contribution in [3.63, 3.8) is 0 Å². The first-order chi connectivity index (χ1) is 6.65. The number of amidine groups is 1. The molecule has 84 valence electrons. The van der Waals surface area contributed by atoms with Crippen LogP contribution in [0.3, 0.4) is 0 Å². The second kappa shape index (κ2) is 7.58. The summed E-state index contributed by atoms with van der Waals surface area (Å²) in [5.74, 6) is 0.345. The zero-order chi connectivity index (χ0) is 11.0. The van der Waals surface area contributed by atoms with Crippen molar-refractivity contribution in [2.24, 2.45) is 16.8 Å². The highest BCUT2D eigenvalue weighted by molar-refractivity contribution is 5.82. The highest BCUT2D eigenvalue weighted by atomic mass is 16.5. The van der Waals surface area contributed by atoms with E-state index < -0.39 is 0 Å². The third-order valence-corrected chi connectivity index (χ3v) is 2.21. The highest BCUT2D eigenvalue weighted by Crippen LogP contribution is 1.99. The van der Waals surface area contributed by atoms with Crippen molar-refractivity contribution in [2.75, 3.05) is 33.4 Å². The highest BCUT2D eigenvalue weighted by Gasteiger charge is 2.11. The van der Waals surface area contributed by atoms with E-state index in [9.17, 15) is 0 Å². The molecule has 0 radical (unpaired) electrons. The lowest BCUT2D eigenvalue weighted by molar-refractivity contribution is 0.147. The predicted octanol–water partition coefficient (Wildman–Crippen LogP) is 0.337. The Hall–Kier alpha value is -0.810. The summed E-state index contributed by atoms with van der Waals surface area (Å²) < 4.78 is 4.99. The number of likely N-dealkylation sites (N-methyl/N-ethyl adjacent to an activating group) is 1. The number of rotatable bonds is 7. The Bertz CT molecular complexity index is 173. The van der Waals surface area contributed by atoms with Gasteiger partial charge in [-0.3, -0.25) is 0 Å². The van der Waals surface area contributed by atoms with Crippen molar-refractivity contribution in [1.82, 2.24) is 4.90 Å². The van der Waals surface area contributed by atoms with E-state index in [-0.39, 0.29) is 11.8 Å². The van der Waals surface area contributed by atoms with Crippen LogP contribution in [0.5, 0.6) is 0 Å². The molecule has 0 aliphatic carbocycles. The summed E-state index contributed by atoms with van der Waals surface area (Å²) in [7, 11) is 1.68. The summed E-state index contributed by atoms with van der Waals surface area (Å²) in [6.45, 7) is 7.31. The van der Waals surface area contributed by atoms with Crippen LogP contribution in [0.15, 0.2) is 5.16 Å². The van der Waals surface area contributed by atoms with E-state index in [1.165, 1.54) is 0 Å². The molecule has 0 spiro atoms. The monoisotopic (exact) mass is 203 g/mol. The van der Waals surface area contributed by atoms with Crippen molar-refractivity contribution in [3.05, 3.63) is 0 Å². The van der Waals surface area contributed by atoms with E-state index in [1.54, 1.807) is 7.11 Å². The molecule has 0 aliphatic heterocycles. The molecule has 5 heteroatoms. The van der Waals surface area contributed by atoms with Gasteiger partial charge in [0.15, 0.2) is 0 Å². The number of nitrogens with two attached hydrogens (primary N) is 1. The first kappa shape index (κ1) is 13.2. The van der Waals surface area contributed by atoms with Crippen molar-refractivity contribution in [2.45, 2.75) is 13.8 Å². The van der Waals surface area contributed by atoms with Crippen LogP contribution >= 0.6 is 0 Å². The van der Waals surface area contributed by atoms with Crippen LogP contribution in [-0.2, 0) is 4.74 Å². The molecule has 5 nitrogen and oxygen atoms in total. The molecule has 1 atom stereocenters. The second-order valence-corrected chi connectivity index (χ2v) is 3.31. The van der Waals surface area contributed by atoms with E-state index in [4.69, 9.17) is 15.7 Å². The van der Waals surface area contributed by atoms with Crippen LogP contribution in [0, 0.1) is 5.92 Å².